The van der Waals surface area contributed by atoms with Crippen LogP contribution >= 0.6 is 0 Å². The largest absolute Gasteiger partial charge is 0.461 e. The Kier molecular flexibility index (Phi) is 2.44. The van der Waals surface area contributed by atoms with E-state index in [4.69, 9.17) is 4.42 Å². The summed E-state index contributed by atoms with van der Waals surface area (Å²) in [6, 6.07) is 3.30. The van der Waals surface area contributed by atoms with Crippen LogP contribution in [0.5, 0.6) is 0 Å². The van der Waals surface area contributed by atoms with Crippen LogP contribution in [0.15, 0.2) is 47.6 Å². The molecule has 0 atom stereocenters. The van der Waals surface area contributed by atoms with E-state index in [-0.39, 0.29) is 5.78 Å². The van der Waals surface area contributed by atoms with E-state index in [9.17, 15) is 4.79 Å². The minimum Gasteiger partial charge on any atom is -0.461 e. The van der Waals surface area contributed by atoms with Crippen LogP contribution in [0.3, 0.4) is 0 Å². The van der Waals surface area contributed by atoms with E-state index in [0.29, 0.717) is 5.76 Å². The summed E-state index contributed by atoms with van der Waals surface area (Å²) in [6.07, 6.45) is 5.99. The predicted octanol–water partition coefficient (Wildman–Crippen LogP) is 2.20. The highest BCUT2D eigenvalue weighted by Crippen LogP contribution is 2.01. The molecular weight excluding hydrogens is 140 g/mol. The lowest BCUT2D eigenvalue weighted by Gasteiger charge is -1.84. The molecule has 0 radical (unpaired) electrons. The van der Waals surface area contributed by atoms with Crippen LogP contribution in [-0.4, -0.2) is 5.78 Å². The molecule has 2 heteroatoms. The van der Waals surface area contributed by atoms with Crippen molar-refractivity contribution < 1.29 is 9.21 Å². The summed E-state index contributed by atoms with van der Waals surface area (Å²) in [5.74, 6) is 0.206. The highest BCUT2D eigenvalue weighted by atomic mass is 16.3. The average molecular weight is 148 g/mol. The molecule has 11 heavy (non-hydrogen) atoms. The summed E-state index contributed by atoms with van der Waals surface area (Å²) in [5.41, 5.74) is 0. The zero-order valence-corrected chi connectivity index (χ0v) is 5.99. The molecule has 0 fully saturated rings. The summed E-state index contributed by atoms with van der Waals surface area (Å²) in [5, 5.41) is 0. The van der Waals surface area contributed by atoms with E-state index in [0.717, 1.165) is 0 Å². The Hall–Kier alpha value is -1.57. The number of hydrogen-bond donors (Lipinski definition) is 0. The number of rotatable bonds is 3. The number of carbonyl (C=O) groups excluding carboxylic acids is 1. The summed E-state index contributed by atoms with van der Waals surface area (Å²) in [6.45, 7) is 3.44. The van der Waals surface area contributed by atoms with Crippen molar-refractivity contribution in [3.8, 4) is 0 Å². The van der Waals surface area contributed by atoms with Crippen LogP contribution in [-0.2, 0) is 0 Å². The second-order valence-corrected chi connectivity index (χ2v) is 1.94. The van der Waals surface area contributed by atoms with E-state index in [1.165, 1.54) is 12.3 Å². The second kappa shape index (κ2) is 3.56. The summed E-state index contributed by atoms with van der Waals surface area (Å²) >= 11 is 0. The van der Waals surface area contributed by atoms with Gasteiger partial charge in [0.15, 0.2) is 5.76 Å². The molecule has 56 valence electrons. The summed E-state index contributed by atoms with van der Waals surface area (Å²) in [7, 11) is 0. The monoisotopic (exact) mass is 148 g/mol. The van der Waals surface area contributed by atoms with Gasteiger partial charge in [-0.2, -0.15) is 0 Å². The maximum atomic E-state index is 11.0. The quantitative estimate of drug-likeness (QED) is 0.373. The fourth-order valence-electron chi connectivity index (χ4n) is 0.656. The normalized spacial score (nSPS) is 10.2. The Balaban J connectivity index is 2.71. The van der Waals surface area contributed by atoms with Crippen LogP contribution in [0.1, 0.15) is 10.6 Å². The lowest BCUT2D eigenvalue weighted by Crippen LogP contribution is -1.89. The molecule has 0 aliphatic heterocycles. The van der Waals surface area contributed by atoms with E-state index >= 15 is 0 Å². The van der Waals surface area contributed by atoms with Gasteiger partial charge in [0.05, 0.1) is 6.26 Å². The molecule has 0 N–H and O–H groups in total. The molecule has 1 heterocycles. The molecule has 1 rings (SSSR count). The van der Waals surface area contributed by atoms with Crippen molar-refractivity contribution in [1.29, 1.82) is 0 Å². The molecular formula is C9H8O2. The van der Waals surface area contributed by atoms with Crippen molar-refractivity contribution in [1.82, 2.24) is 0 Å². The average Bonchev–Trinajstić information content (AvgIpc) is 2.52. The zero-order chi connectivity index (χ0) is 8.10. The van der Waals surface area contributed by atoms with Crippen LogP contribution in [0.2, 0.25) is 0 Å². The molecule has 0 amide bonds. The van der Waals surface area contributed by atoms with Crippen molar-refractivity contribution >= 4 is 5.78 Å². The van der Waals surface area contributed by atoms with Gasteiger partial charge in [-0.1, -0.05) is 18.7 Å². The van der Waals surface area contributed by atoms with Crippen LogP contribution in [0.4, 0.5) is 0 Å². The van der Waals surface area contributed by atoms with Crippen LogP contribution < -0.4 is 0 Å². The van der Waals surface area contributed by atoms with E-state index in [1.54, 1.807) is 24.3 Å². The van der Waals surface area contributed by atoms with E-state index < -0.39 is 0 Å². The lowest BCUT2D eigenvalue weighted by molar-refractivity contribution is 0.102. The van der Waals surface area contributed by atoms with Crippen LogP contribution in [0.25, 0.3) is 0 Å². The van der Waals surface area contributed by atoms with Gasteiger partial charge in [-0.05, 0) is 18.2 Å². The molecule has 0 aliphatic carbocycles. The number of ketones is 1. The maximum absolute atomic E-state index is 11.0. The molecule has 1 aromatic heterocycles. The SMILES string of the molecule is C=CC=CC(=O)c1ccco1. The van der Waals surface area contributed by atoms with Crippen molar-refractivity contribution in [3.63, 3.8) is 0 Å². The number of allylic oxidation sites excluding steroid dienone is 3. The van der Waals surface area contributed by atoms with Gasteiger partial charge < -0.3 is 4.42 Å². The molecule has 0 aromatic carbocycles. The Morgan fingerprint density at radius 1 is 1.64 bits per heavy atom. The molecule has 0 saturated heterocycles. The van der Waals surface area contributed by atoms with Gasteiger partial charge in [0.2, 0.25) is 5.78 Å². The first-order valence-electron chi connectivity index (χ1n) is 3.21. The van der Waals surface area contributed by atoms with Crippen molar-refractivity contribution in [2.24, 2.45) is 0 Å². The summed E-state index contributed by atoms with van der Waals surface area (Å²) < 4.78 is 4.86. The predicted molar refractivity (Wildman–Crippen MR) is 42.4 cm³/mol. The topological polar surface area (TPSA) is 30.2 Å². The minimum atomic E-state index is -0.144. The fraction of sp³-hybridized carbons (Fsp3) is 0. The first-order valence-corrected chi connectivity index (χ1v) is 3.21. The van der Waals surface area contributed by atoms with Crippen molar-refractivity contribution in [2.75, 3.05) is 0 Å². The van der Waals surface area contributed by atoms with Crippen LogP contribution in [0, 0.1) is 0 Å². The Morgan fingerprint density at radius 3 is 3.00 bits per heavy atom. The lowest BCUT2D eigenvalue weighted by atomic mass is 10.3. The minimum absolute atomic E-state index is 0.144. The first-order chi connectivity index (χ1) is 5.34. The molecule has 1 aromatic rings. The second-order valence-electron chi connectivity index (χ2n) is 1.94. The van der Waals surface area contributed by atoms with Crippen molar-refractivity contribution in [3.05, 3.63) is 49.0 Å². The van der Waals surface area contributed by atoms with Gasteiger partial charge in [-0.25, -0.2) is 0 Å². The standard InChI is InChI=1S/C9H8O2/c1-2-3-5-8(10)9-6-4-7-11-9/h2-7H,1H2. The third-order valence-corrected chi connectivity index (χ3v) is 1.15. The Bertz CT molecular complexity index is 268. The third kappa shape index (κ3) is 1.93. The number of carbonyl (C=O) groups is 1. The maximum Gasteiger partial charge on any atom is 0.220 e. The van der Waals surface area contributed by atoms with Gasteiger partial charge in [0.25, 0.3) is 0 Å². The summed E-state index contributed by atoms with van der Waals surface area (Å²) in [4.78, 5) is 11.0. The van der Waals surface area contributed by atoms with E-state index in [1.807, 2.05) is 0 Å². The van der Waals surface area contributed by atoms with Gasteiger partial charge in [0.1, 0.15) is 0 Å². The zero-order valence-electron chi connectivity index (χ0n) is 5.99. The molecule has 0 aliphatic rings. The highest BCUT2D eigenvalue weighted by molar-refractivity contribution is 6.02. The molecule has 2 nitrogen and oxygen atoms in total. The molecule has 0 bridgehead atoms. The fourth-order valence-corrected chi connectivity index (χ4v) is 0.656. The Labute approximate surface area is 64.8 Å². The van der Waals surface area contributed by atoms with Gasteiger partial charge in [0, 0.05) is 0 Å². The smallest absolute Gasteiger partial charge is 0.220 e. The number of hydrogen-bond acceptors (Lipinski definition) is 2. The third-order valence-electron chi connectivity index (χ3n) is 1.15. The van der Waals surface area contributed by atoms with Gasteiger partial charge >= 0.3 is 0 Å². The Morgan fingerprint density at radius 2 is 2.45 bits per heavy atom. The molecule has 0 unspecified atom stereocenters. The first kappa shape index (κ1) is 7.54. The number of furan rings is 1. The van der Waals surface area contributed by atoms with Gasteiger partial charge in [-0.15, -0.1) is 0 Å². The van der Waals surface area contributed by atoms with E-state index in [2.05, 4.69) is 6.58 Å². The highest BCUT2D eigenvalue weighted by Gasteiger charge is 2.01. The molecule has 0 saturated carbocycles. The van der Waals surface area contributed by atoms with Crippen molar-refractivity contribution in [2.45, 2.75) is 0 Å². The van der Waals surface area contributed by atoms with Gasteiger partial charge in [-0.3, -0.25) is 4.79 Å². The molecule has 0 spiro atoms.